The molecule has 2 aromatic carbocycles. The molecule has 2 amide bonds. The van der Waals surface area contributed by atoms with Gasteiger partial charge in [0.1, 0.15) is 17.7 Å². The van der Waals surface area contributed by atoms with Crippen molar-refractivity contribution >= 4 is 40.0 Å². The lowest BCUT2D eigenvalue weighted by Gasteiger charge is -2.17. The van der Waals surface area contributed by atoms with E-state index in [4.69, 9.17) is 0 Å². The number of carbonyl (C=O) groups excluding carboxylic acids is 2. The van der Waals surface area contributed by atoms with E-state index in [2.05, 4.69) is 15.6 Å². The van der Waals surface area contributed by atoms with E-state index in [-0.39, 0.29) is 22.9 Å². The summed E-state index contributed by atoms with van der Waals surface area (Å²) in [6.07, 6.45) is -2.29. The number of rotatable bonds is 10. The van der Waals surface area contributed by atoms with Crippen molar-refractivity contribution in [3.05, 3.63) is 77.0 Å². The zero-order valence-corrected chi connectivity index (χ0v) is 20.6. The number of aromatic nitrogens is 1. The van der Waals surface area contributed by atoms with Crippen molar-refractivity contribution in [1.29, 1.82) is 0 Å². The predicted molar refractivity (Wildman–Crippen MR) is 129 cm³/mol. The van der Waals surface area contributed by atoms with Crippen LogP contribution in [-0.2, 0) is 27.9 Å². The molecule has 1 unspecified atom stereocenters. The van der Waals surface area contributed by atoms with E-state index in [0.29, 0.717) is 28.7 Å². The summed E-state index contributed by atoms with van der Waals surface area (Å²) in [7, 11) is 0. The summed E-state index contributed by atoms with van der Waals surface area (Å²) in [6.45, 7) is 1.83. The van der Waals surface area contributed by atoms with Crippen molar-refractivity contribution in [1.82, 2.24) is 10.3 Å². The van der Waals surface area contributed by atoms with Crippen molar-refractivity contribution in [2.24, 2.45) is 0 Å². The average Bonchev–Trinajstić information content (AvgIpc) is 3.23. The molecule has 3 aromatic rings. The monoisotopic (exact) mass is 543 g/mol. The first kappa shape index (κ1) is 27.6. The SMILES string of the molecule is CCCC(NC(=O)Cc1cc(F)cc(F)c1)C(=O)Nc1ncc(SCc2cccc(C(F)(F)F)c2)s1. The lowest BCUT2D eigenvalue weighted by Crippen LogP contribution is -2.44. The summed E-state index contributed by atoms with van der Waals surface area (Å²) < 4.78 is 66.1. The number of halogens is 5. The minimum atomic E-state index is -4.42. The second kappa shape index (κ2) is 12.3. The first-order valence-corrected chi connectivity index (χ1v) is 12.6. The Labute approximate surface area is 212 Å². The summed E-state index contributed by atoms with van der Waals surface area (Å²) in [4.78, 5) is 29.2. The Kier molecular flexibility index (Phi) is 9.43. The molecule has 0 spiro atoms. The lowest BCUT2D eigenvalue weighted by atomic mass is 10.1. The Morgan fingerprint density at radius 3 is 2.47 bits per heavy atom. The molecule has 0 aliphatic rings. The zero-order valence-electron chi connectivity index (χ0n) is 19.0. The van der Waals surface area contributed by atoms with Gasteiger partial charge in [0, 0.05) is 11.8 Å². The summed E-state index contributed by atoms with van der Waals surface area (Å²) in [5.41, 5.74) is -0.0786. The molecule has 36 heavy (non-hydrogen) atoms. The molecule has 0 fully saturated rings. The highest BCUT2D eigenvalue weighted by atomic mass is 32.2. The summed E-state index contributed by atoms with van der Waals surface area (Å²) in [5, 5.41) is 5.49. The maximum atomic E-state index is 13.4. The molecule has 1 heterocycles. The van der Waals surface area contributed by atoms with Crippen LogP contribution >= 0.6 is 23.1 Å². The quantitative estimate of drug-likeness (QED) is 0.236. The van der Waals surface area contributed by atoms with E-state index in [1.165, 1.54) is 24.0 Å². The van der Waals surface area contributed by atoms with Gasteiger partial charge in [-0.05, 0) is 35.7 Å². The van der Waals surface area contributed by atoms with Crippen LogP contribution in [0.4, 0.5) is 27.1 Å². The molecule has 0 bridgehead atoms. The fraction of sp³-hybridized carbons (Fsp3) is 0.292. The number of anilines is 1. The lowest BCUT2D eigenvalue weighted by molar-refractivity contribution is -0.137. The topological polar surface area (TPSA) is 71.1 Å². The highest BCUT2D eigenvalue weighted by Gasteiger charge is 2.30. The van der Waals surface area contributed by atoms with Gasteiger partial charge in [0.2, 0.25) is 11.8 Å². The van der Waals surface area contributed by atoms with Crippen molar-refractivity contribution in [3.63, 3.8) is 0 Å². The van der Waals surface area contributed by atoms with E-state index in [9.17, 15) is 31.5 Å². The molecule has 0 aliphatic carbocycles. The summed E-state index contributed by atoms with van der Waals surface area (Å²) in [5.74, 6) is -2.38. The van der Waals surface area contributed by atoms with Gasteiger partial charge in [-0.3, -0.25) is 9.59 Å². The van der Waals surface area contributed by atoms with Crippen molar-refractivity contribution < 1.29 is 31.5 Å². The number of alkyl halides is 3. The van der Waals surface area contributed by atoms with Gasteiger partial charge in [-0.25, -0.2) is 13.8 Å². The van der Waals surface area contributed by atoms with Gasteiger partial charge in [0.25, 0.3) is 0 Å². The minimum absolute atomic E-state index is 0.142. The summed E-state index contributed by atoms with van der Waals surface area (Å²) >= 11 is 2.43. The maximum absolute atomic E-state index is 13.4. The van der Waals surface area contributed by atoms with Crippen LogP contribution in [0.3, 0.4) is 0 Å². The Morgan fingerprint density at radius 2 is 1.81 bits per heavy atom. The standard InChI is InChI=1S/C24H22F5N3O2S2/c1-2-4-19(31-20(33)10-15-8-17(25)11-18(26)9-15)22(34)32-23-30-12-21(36-23)35-13-14-5-3-6-16(7-14)24(27,28)29/h3,5-9,11-12,19H,2,4,10,13H2,1H3,(H,31,33)(H,30,32,34). The molecule has 0 saturated heterocycles. The molecular weight excluding hydrogens is 521 g/mol. The number of thioether (sulfide) groups is 1. The maximum Gasteiger partial charge on any atom is 0.416 e. The van der Waals surface area contributed by atoms with Crippen LogP contribution in [0.15, 0.2) is 52.9 Å². The first-order valence-electron chi connectivity index (χ1n) is 10.8. The van der Waals surface area contributed by atoms with E-state index in [1.807, 2.05) is 6.92 Å². The van der Waals surface area contributed by atoms with Gasteiger partial charge in [0.05, 0.1) is 22.4 Å². The van der Waals surface area contributed by atoms with Crippen LogP contribution in [0, 0.1) is 11.6 Å². The van der Waals surface area contributed by atoms with E-state index in [0.717, 1.165) is 35.6 Å². The molecular formula is C24H22F5N3O2S2. The largest absolute Gasteiger partial charge is 0.416 e. The average molecular weight is 544 g/mol. The summed E-state index contributed by atoms with van der Waals surface area (Å²) in [6, 6.07) is 6.97. The van der Waals surface area contributed by atoms with Gasteiger partial charge in [-0.15, -0.1) is 11.8 Å². The van der Waals surface area contributed by atoms with Crippen LogP contribution in [0.25, 0.3) is 0 Å². The van der Waals surface area contributed by atoms with E-state index in [1.54, 1.807) is 6.07 Å². The molecule has 1 atom stereocenters. The molecule has 12 heteroatoms. The smallest absolute Gasteiger partial charge is 0.344 e. The Morgan fingerprint density at radius 1 is 1.08 bits per heavy atom. The Hall–Kier alpha value is -2.99. The molecule has 192 valence electrons. The molecule has 2 N–H and O–H groups in total. The van der Waals surface area contributed by atoms with E-state index < -0.39 is 41.2 Å². The number of nitrogens with one attached hydrogen (secondary N) is 2. The minimum Gasteiger partial charge on any atom is -0.344 e. The van der Waals surface area contributed by atoms with Gasteiger partial charge < -0.3 is 10.6 Å². The van der Waals surface area contributed by atoms with Gasteiger partial charge in [-0.2, -0.15) is 13.2 Å². The van der Waals surface area contributed by atoms with E-state index >= 15 is 0 Å². The van der Waals surface area contributed by atoms with Crippen molar-refractivity contribution in [2.45, 2.75) is 48.4 Å². The molecule has 0 aliphatic heterocycles. The second-order valence-corrected chi connectivity index (χ2v) is 10.1. The third-order valence-corrected chi connectivity index (χ3v) is 7.04. The number of carbonyl (C=O) groups is 2. The number of amides is 2. The van der Waals surface area contributed by atoms with Crippen LogP contribution in [-0.4, -0.2) is 22.8 Å². The molecule has 0 radical (unpaired) electrons. The third kappa shape index (κ3) is 8.30. The number of hydrogen-bond acceptors (Lipinski definition) is 5. The molecule has 3 rings (SSSR count). The highest BCUT2D eigenvalue weighted by Crippen LogP contribution is 2.33. The Bertz CT molecular complexity index is 1200. The van der Waals surface area contributed by atoms with Gasteiger partial charge in [0.15, 0.2) is 5.13 Å². The first-order chi connectivity index (χ1) is 17.0. The van der Waals surface area contributed by atoms with Crippen LogP contribution < -0.4 is 10.6 Å². The normalized spacial score (nSPS) is 12.3. The fourth-order valence-electron chi connectivity index (χ4n) is 3.27. The van der Waals surface area contributed by atoms with Crippen molar-refractivity contribution in [2.75, 3.05) is 5.32 Å². The van der Waals surface area contributed by atoms with Crippen LogP contribution in [0.5, 0.6) is 0 Å². The zero-order chi connectivity index (χ0) is 26.3. The highest BCUT2D eigenvalue weighted by molar-refractivity contribution is 8.00. The van der Waals surface area contributed by atoms with Crippen LogP contribution in [0.2, 0.25) is 0 Å². The number of thiazole rings is 1. The second-order valence-electron chi connectivity index (χ2n) is 7.82. The third-order valence-electron chi connectivity index (χ3n) is 4.87. The molecule has 5 nitrogen and oxygen atoms in total. The van der Waals surface area contributed by atoms with Gasteiger partial charge in [-0.1, -0.05) is 42.9 Å². The number of benzene rings is 2. The number of nitrogens with zero attached hydrogens (tertiary/aromatic N) is 1. The van der Waals surface area contributed by atoms with Crippen LogP contribution in [0.1, 0.15) is 36.5 Å². The predicted octanol–water partition coefficient (Wildman–Crippen LogP) is 6.20. The molecule has 1 aromatic heterocycles. The van der Waals surface area contributed by atoms with Crippen molar-refractivity contribution in [3.8, 4) is 0 Å². The Balaban J connectivity index is 1.56. The van der Waals surface area contributed by atoms with Gasteiger partial charge >= 0.3 is 6.18 Å². The molecule has 0 saturated carbocycles. The fourth-order valence-corrected chi connectivity index (χ4v) is 5.09. The number of hydrogen-bond donors (Lipinski definition) is 2.